The lowest BCUT2D eigenvalue weighted by Crippen LogP contribution is -1.87. The molecule has 0 radical (unpaired) electrons. The Hall–Kier alpha value is -2.07. The number of nitrogens with zero attached hydrogens (tertiary/aromatic N) is 1. The highest BCUT2D eigenvalue weighted by Crippen LogP contribution is 2.41. The van der Waals surface area contributed by atoms with E-state index in [4.69, 9.17) is 10.5 Å². The standard InChI is InChI=1S/C13H10N2OS/c14-12-10-6-7-15-8-11(10)17-13(12)16-9-4-2-1-3-5-9/h1-8H,14H2. The summed E-state index contributed by atoms with van der Waals surface area (Å²) in [5.41, 5.74) is 6.72. The number of nitrogens with two attached hydrogens (primary N) is 1. The molecule has 0 bridgehead atoms. The first-order chi connectivity index (χ1) is 8.34. The quantitative estimate of drug-likeness (QED) is 0.745. The fourth-order valence-electron chi connectivity index (χ4n) is 1.62. The molecule has 3 aromatic rings. The molecule has 84 valence electrons. The van der Waals surface area contributed by atoms with E-state index in [1.807, 2.05) is 36.4 Å². The molecule has 3 rings (SSSR count). The molecule has 0 saturated heterocycles. The Balaban J connectivity index is 2.04. The molecule has 0 atom stereocenters. The highest BCUT2D eigenvalue weighted by Gasteiger charge is 2.10. The predicted molar refractivity (Wildman–Crippen MR) is 70.5 cm³/mol. The third-order valence-electron chi connectivity index (χ3n) is 2.45. The predicted octanol–water partition coefficient (Wildman–Crippen LogP) is 3.67. The maximum atomic E-state index is 6.04. The Morgan fingerprint density at radius 3 is 2.71 bits per heavy atom. The number of fused-ring (bicyclic) bond motifs is 1. The van der Waals surface area contributed by atoms with E-state index in [0.717, 1.165) is 20.9 Å². The van der Waals surface area contributed by atoms with E-state index in [9.17, 15) is 0 Å². The molecule has 2 N–H and O–H groups in total. The summed E-state index contributed by atoms with van der Waals surface area (Å²) in [5, 5.41) is 1.72. The minimum Gasteiger partial charge on any atom is -0.444 e. The van der Waals surface area contributed by atoms with Crippen LogP contribution >= 0.6 is 11.3 Å². The summed E-state index contributed by atoms with van der Waals surface area (Å²) in [6.45, 7) is 0. The van der Waals surface area contributed by atoms with Gasteiger partial charge in [0, 0.05) is 17.8 Å². The minimum absolute atomic E-state index is 0.677. The van der Waals surface area contributed by atoms with Crippen LogP contribution in [0.25, 0.3) is 10.1 Å². The van der Waals surface area contributed by atoms with Crippen molar-refractivity contribution in [1.29, 1.82) is 0 Å². The number of nitrogen functional groups attached to an aromatic ring is 1. The number of anilines is 1. The van der Waals surface area contributed by atoms with Gasteiger partial charge in [-0.25, -0.2) is 0 Å². The summed E-state index contributed by atoms with van der Waals surface area (Å²) in [6, 6.07) is 11.5. The van der Waals surface area contributed by atoms with Gasteiger partial charge in [0.15, 0.2) is 0 Å². The second-order valence-electron chi connectivity index (χ2n) is 3.59. The number of pyridine rings is 1. The van der Waals surface area contributed by atoms with Gasteiger partial charge in [-0.3, -0.25) is 4.98 Å². The van der Waals surface area contributed by atoms with Gasteiger partial charge in [0.2, 0.25) is 5.06 Å². The molecule has 0 fully saturated rings. The summed E-state index contributed by atoms with van der Waals surface area (Å²) in [4.78, 5) is 4.07. The van der Waals surface area contributed by atoms with Crippen molar-refractivity contribution < 1.29 is 4.74 Å². The largest absolute Gasteiger partial charge is 0.444 e. The van der Waals surface area contributed by atoms with Crippen LogP contribution in [0.5, 0.6) is 10.8 Å². The number of aromatic nitrogens is 1. The Kier molecular flexibility index (Phi) is 2.42. The van der Waals surface area contributed by atoms with Gasteiger partial charge in [-0.2, -0.15) is 0 Å². The lowest BCUT2D eigenvalue weighted by atomic mass is 10.3. The molecule has 0 saturated carbocycles. The van der Waals surface area contributed by atoms with Crippen LogP contribution in [-0.4, -0.2) is 4.98 Å². The van der Waals surface area contributed by atoms with Crippen LogP contribution in [0.3, 0.4) is 0 Å². The molecule has 4 heteroatoms. The normalized spacial score (nSPS) is 10.6. The van der Waals surface area contributed by atoms with Gasteiger partial charge < -0.3 is 10.5 Å². The minimum atomic E-state index is 0.677. The number of rotatable bonds is 2. The Labute approximate surface area is 102 Å². The molecule has 0 aliphatic heterocycles. The van der Waals surface area contributed by atoms with E-state index in [-0.39, 0.29) is 0 Å². The molecule has 0 spiro atoms. The maximum Gasteiger partial charge on any atom is 0.205 e. The molecule has 0 aliphatic rings. The summed E-state index contributed by atoms with van der Waals surface area (Å²) < 4.78 is 6.80. The molecule has 0 aliphatic carbocycles. The molecule has 2 aromatic heterocycles. The number of para-hydroxylation sites is 1. The first-order valence-corrected chi connectivity index (χ1v) is 6.01. The number of hydrogen-bond donors (Lipinski definition) is 1. The number of ether oxygens (including phenoxy) is 1. The number of benzene rings is 1. The van der Waals surface area contributed by atoms with Crippen LogP contribution in [0.1, 0.15) is 0 Å². The zero-order chi connectivity index (χ0) is 11.7. The average molecular weight is 242 g/mol. The second kappa shape index (κ2) is 4.07. The highest BCUT2D eigenvalue weighted by molar-refractivity contribution is 7.21. The fraction of sp³-hybridized carbons (Fsp3) is 0. The summed E-state index contributed by atoms with van der Waals surface area (Å²) in [5.74, 6) is 0.790. The summed E-state index contributed by atoms with van der Waals surface area (Å²) in [6.07, 6.45) is 3.53. The van der Waals surface area contributed by atoms with Crippen molar-refractivity contribution in [2.75, 3.05) is 5.73 Å². The first kappa shape index (κ1) is 10.1. The molecule has 3 nitrogen and oxygen atoms in total. The van der Waals surface area contributed by atoms with Gasteiger partial charge in [-0.1, -0.05) is 29.5 Å². The van der Waals surface area contributed by atoms with E-state index in [1.165, 1.54) is 11.3 Å². The zero-order valence-electron chi connectivity index (χ0n) is 8.96. The molecule has 0 amide bonds. The molecular formula is C13H10N2OS. The van der Waals surface area contributed by atoms with Crippen molar-refractivity contribution in [1.82, 2.24) is 4.98 Å². The van der Waals surface area contributed by atoms with Gasteiger partial charge >= 0.3 is 0 Å². The van der Waals surface area contributed by atoms with Gasteiger partial charge in [-0.05, 0) is 18.2 Å². The zero-order valence-corrected chi connectivity index (χ0v) is 9.78. The molecule has 17 heavy (non-hydrogen) atoms. The summed E-state index contributed by atoms with van der Waals surface area (Å²) in [7, 11) is 0. The van der Waals surface area contributed by atoms with Crippen molar-refractivity contribution in [3.8, 4) is 10.8 Å². The fourth-order valence-corrected chi connectivity index (χ4v) is 2.58. The van der Waals surface area contributed by atoms with Gasteiger partial charge in [0.25, 0.3) is 0 Å². The third kappa shape index (κ3) is 1.83. The van der Waals surface area contributed by atoms with Gasteiger partial charge in [-0.15, -0.1) is 0 Å². The van der Waals surface area contributed by atoms with Crippen molar-refractivity contribution in [3.63, 3.8) is 0 Å². The molecule has 0 unspecified atom stereocenters. The van der Waals surface area contributed by atoms with E-state index >= 15 is 0 Å². The van der Waals surface area contributed by atoms with Crippen molar-refractivity contribution in [2.45, 2.75) is 0 Å². The van der Waals surface area contributed by atoms with Crippen molar-refractivity contribution >= 4 is 27.1 Å². The average Bonchev–Trinajstić information content (AvgIpc) is 2.68. The Morgan fingerprint density at radius 1 is 1.12 bits per heavy atom. The first-order valence-electron chi connectivity index (χ1n) is 5.19. The Bertz CT molecular complexity index is 649. The van der Waals surface area contributed by atoms with Crippen LogP contribution in [0, 0.1) is 0 Å². The highest BCUT2D eigenvalue weighted by atomic mass is 32.1. The SMILES string of the molecule is Nc1c(Oc2ccccc2)sc2cnccc12. The van der Waals surface area contributed by atoms with E-state index < -0.39 is 0 Å². The molecule has 1 aromatic carbocycles. The van der Waals surface area contributed by atoms with Crippen molar-refractivity contribution in [2.24, 2.45) is 0 Å². The van der Waals surface area contributed by atoms with Crippen LogP contribution in [-0.2, 0) is 0 Å². The summed E-state index contributed by atoms with van der Waals surface area (Å²) >= 11 is 1.51. The molecule has 2 heterocycles. The van der Waals surface area contributed by atoms with Gasteiger partial charge in [0.1, 0.15) is 5.75 Å². The smallest absolute Gasteiger partial charge is 0.205 e. The van der Waals surface area contributed by atoms with Crippen LogP contribution in [0.2, 0.25) is 0 Å². The van der Waals surface area contributed by atoms with Crippen LogP contribution in [0.4, 0.5) is 5.69 Å². The lowest BCUT2D eigenvalue weighted by molar-refractivity contribution is 0.499. The van der Waals surface area contributed by atoms with E-state index in [0.29, 0.717) is 5.69 Å². The monoisotopic (exact) mass is 242 g/mol. The maximum absolute atomic E-state index is 6.04. The molecular weight excluding hydrogens is 232 g/mol. The van der Waals surface area contributed by atoms with E-state index in [2.05, 4.69) is 4.98 Å². The van der Waals surface area contributed by atoms with Gasteiger partial charge in [0.05, 0.1) is 10.4 Å². The number of thiophene rings is 1. The Morgan fingerprint density at radius 2 is 1.94 bits per heavy atom. The van der Waals surface area contributed by atoms with Crippen LogP contribution in [0.15, 0.2) is 48.8 Å². The van der Waals surface area contributed by atoms with Crippen LogP contribution < -0.4 is 10.5 Å². The third-order valence-corrected chi connectivity index (χ3v) is 3.48. The number of hydrogen-bond acceptors (Lipinski definition) is 4. The van der Waals surface area contributed by atoms with E-state index in [1.54, 1.807) is 12.4 Å². The lowest BCUT2D eigenvalue weighted by Gasteiger charge is -2.02. The second-order valence-corrected chi connectivity index (χ2v) is 4.60. The topological polar surface area (TPSA) is 48.1 Å². The van der Waals surface area contributed by atoms with Crippen molar-refractivity contribution in [3.05, 3.63) is 48.8 Å².